The van der Waals surface area contributed by atoms with Crippen LogP contribution in [0.25, 0.3) is 6.08 Å². The van der Waals surface area contributed by atoms with Crippen LogP contribution in [0.1, 0.15) is 44.6 Å². The predicted molar refractivity (Wildman–Crippen MR) is 83.5 cm³/mol. The zero-order valence-electron chi connectivity index (χ0n) is 11.1. The van der Waals surface area contributed by atoms with Crippen molar-refractivity contribution in [1.29, 1.82) is 0 Å². The van der Waals surface area contributed by atoms with Crippen molar-refractivity contribution < 1.29 is 5.21 Å². The summed E-state index contributed by atoms with van der Waals surface area (Å²) >= 11 is 11.8. The maximum Gasteiger partial charge on any atom is 0.0795 e. The quantitative estimate of drug-likeness (QED) is 0.293. The molecule has 0 aromatic heterocycles. The second-order valence-corrected chi connectivity index (χ2v) is 5.22. The van der Waals surface area contributed by atoms with Crippen LogP contribution >= 0.6 is 23.2 Å². The lowest BCUT2D eigenvalue weighted by molar-refractivity contribution is 0.318. The fraction of sp³-hybridized carbons (Fsp3) is 0.400. The number of rotatable bonds is 7. The molecule has 0 fully saturated rings. The standard InChI is InChI=1S/C15H19Cl2NO/c1-2-3-4-5-6-13(18-19)9-7-12-8-10-14(16)15(17)11-12/h7-11,19H,2-6H2,1H3/b9-7-,18-13-. The maximum atomic E-state index is 8.95. The molecule has 4 heteroatoms. The molecular formula is C15H19Cl2NO. The maximum absolute atomic E-state index is 8.95. The Balaban J connectivity index is 2.55. The summed E-state index contributed by atoms with van der Waals surface area (Å²) in [5, 5.41) is 13.3. The van der Waals surface area contributed by atoms with Gasteiger partial charge in [-0.2, -0.15) is 0 Å². The van der Waals surface area contributed by atoms with Gasteiger partial charge in [-0.3, -0.25) is 0 Å². The molecule has 1 aromatic rings. The molecule has 0 aliphatic carbocycles. The van der Waals surface area contributed by atoms with E-state index in [1.54, 1.807) is 12.1 Å². The highest BCUT2D eigenvalue weighted by molar-refractivity contribution is 6.42. The van der Waals surface area contributed by atoms with E-state index < -0.39 is 0 Å². The lowest BCUT2D eigenvalue weighted by Crippen LogP contribution is -1.93. The highest BCUT2D eigenvalue weighted by Gasteiger charge is 1.99. The molecule has 0 aliphatic rings. The molecule has 19 heavy (non-hydrogen) atoms. The Morgan fingerprint density at radius 1 is 1.21 bits per heavy atom. The first kappa shape index (κ1) is 16.1. The van der Waals surface area contributed by atoms with E-state index in [4.69, 9.17) is 28.4 Å². The first-order valence-electron chi connectivity index (χ1n) is 6.51. The van der Waals surface area contributed by atoms with Crippen molar-refractivity contribution in [2.24, 2.45) is 5.16 Å². The van der Waals surface area contributed by atoms with E-state index in [0.717, 1.165) is 24.8 Å². The third-order valence-electron chi connectivity index (χ3n) is 2.83. The summed E-state index contributed by atoms with van der Waals surface area (Å²) < 4.78 is 0. The summed E-state index contributed by atoms with van der Waals surface area (Å²) in [6.45, 7) is 2.17. The van der Waals surface area contributed by atoms with Gasteiger partial charge in [0.15, 0.2) is 0 Å². The average molecular weight is 300 g/mol. The highest BCUT2D eigenvalue weighted by Crippen LogP contribution is 2.23. The fourth-order valence-corrected chi connectivity index (χ4v) is 2.01. The van der Waals surface area contributed by atoms with Crippen LogP contribution in [0.2, 0.25) is 10.0 Å². The largest absolute Gasteiger partial charge is 0.411 e. The van der Waals surface area contributed by atoms with Gasteiger partial charge in [0, 0.05) is 0 Å². The van der Waals surface area contributed by atoms with Crippen molar-refractivity contribution in [3.63, 3.8) is 0 Å². The third kappa shape index (κ3) is 6.13. The van der Waals surface area contributed by atoms with E-state index in [2.05, 4.69) is 12.1 Å². The van der Waals surface area contributed by atoms with E-state index in [1.807, 2.05) is 18.2 Å². The Morgan fingerprint density at radius 3 is 2.63 bits per heavy atom. The first-order chi connectivity index (χ1) is 9.17. The van der Waals surface area contributed by atoms with Crippen molar-refractivity contribution >= 4 is 35.0 Å². The van der Waals surface area contributed by atoms with Crippen LogP contribution < -0.4 is 0 Å². The van der Waals surface area contributed by atoms with Gasteiger partial charge in [0.2, 0.25) is 0 Å². The number of unbranched alkanes of at least 4 members (excludes halogenated alkanes) is 3. The van der Waals surface area contributed by atoms with Gasteiger partial charge in [-0.1, -0.05) is 66.7 Å². The van der Waals surface area contributed by atoms with E-state index in [0.29, 0.717) is 15.8 Å². The van der Waals surface area contributed by atoms with Gasteiger partial charge in [0.25, 0.3) is 0 Å². The molecule has 1 N–H and O–H groups in total. The number of hydrogen-bond acceptors (Lipinski definition) is 2. The van der Waals surface area contributed by atoms with E-state index >= 15 is 0 Å². The van der Waals surface area contributed by atoms with Crippen LogP contribution in [0.5, 0.6) is 0 Å². The van der Waals surface area contributed by atoms with Gasteiger partial charge in [-0.15, -0.1) is 0 Å². The molecule has 1 rings (SSSR count). The Kier molecular flexibility index (Phi) is 7.61. The van der Waals surface area contributed by atoms with Crippen LogP contribution in [-0.2, 0) is 0 Å². The van der Waals surface area contributed by atoms with Crippen molar-refractivity contribution in [1.82, 2.24) is 0 Å². The number of halogens is 2. The Morgan fingerprint density at radius 2 is 2.00 bits per heavy atom. The Hall–Kier alpha value is -0.990. The number of benzene rings is 1. The van der Waals surface area contributed by atoms with Gasteiger partial charge in [-0.25, -0.2) is 0 Å². The monoisotopic (exact) mass is 299 g/mol. The van der Waals surface area contributed by atoms with Crippen LogP contribution in [0.3, 0.4) is 0 Å². The molecule has 0 unspecified atom stereocenters. The van der Waals surface area contributed by atoms with E-state index in [-0.39, 0.29) is 0 Å². The van der Waals surface area contributed by atoms with Crippen molar-refractivity contribution in [2.45, 2.75) is 39.0 Å². The molecule has 1 aromatic carbocycles. The van der Waals surface area contributed by atoms with E-state index in [9.17, 15) is 0 Å². The molecule has 0 heterocycles. The lowest BCUT2D eigenvalue weighted by Gasteiger charge is -2.00. The summed E-state index contributed by atoms with van der Waals surface area (Å²) in [5.74, 6) is 0. The fourth-order valence-electron chi connectivity index (χ4n) is 1.71. The van der Waals surface area contributed by atoms with Crippen LogP contribution in [0.15, 0.2) is 29.4 Å². The Labute approximate surface area is 124 Å². The van der Waals surface area contributed by atoms with Crippen LogP contribution in [-0.4, -0.2) is 10.9 Å². The number of nitrogens with zero attached hydrogens (tertiary/aromatic N) is 1. The third-order valence-corrected chi connectivity index (χ3v) is 3.57. The van der Waals surface area contributed by atoms with Crippen molar-refractivity contribution in [3.8, 4) is 0 Å². The topological polar surface area (TPSA) is 32.6 Å². The van der Waals surface area contributed by atoms with Crippen LogP contribution in [0.4, 0.5) is 0 Å². The molecule has 0 saturated carbocycles. The number of oxime groups is 1. The van der Waals surface area contributed by atoms with Gasteiger partial charge >= 0.3 is 0 Å². The minimum absolute atomic E-state index is 0.522. The Bertz CT molecular complexity index is 455. The zero-order valence-corrected chi connectivity index (χ0v) is 12.6. The SMILES string of the molecule is CCCCCCC(/C=C\c1ccc(Cl)c(Cl)c1)=N/O. The lowest BCUT2D eigenvalue weighted by atomic mass is 10.1. The first-order valence-corrected chi connectivity index (χ1v) is 7.27. The second kappa shape index (κ2) is 9.00. The summed E-state index contributed by atoms with van der Waals surface area (Å²) in [4.78, 5) is 0. The molecule has 104 valence electrons. The van der Waals surface area contributed by atoms with Crippen molar-refractivity contribution in [2.75, 3.05) is 0 Å². The molecule has 0 bridgehead atoms. The van der Waals surface area contributed by atoms with E-state index in [1.165, 1.54) is 12.8 Å². The van der Waals surface area contributed by atoms with Gasteiger partial charge < -0.3 is 5.21 Å². The minimum Gasteiger partial charge on any atom is -0.411 e. The molecule has 0 atom stereocenters. The van der Waals surface area contributed by atoms with Gasteiger partial charge in [-0.05, 0) is 36.6 Å². The molecule has 0 spiro atoms. The summed E-state index contributed by atoms with van der Waals surface area (Å²) in [7, 11) is 0. The summed E-state index contributed by atoms with van der Waals surface area (Å²) in [6, 6.07) is 5.41. The summed E-state index contributed by atoms with van der Waals surface area (Å²) in [6.07, 6.45) is 9.09. The molecule has 0 saturated heterocycles. The predicted octanol–water partition coefficient (Wildman–Crippen LogP) is 5.81. The minimum atomic E-state index is 0.522. The average Bonchev–Trinajstić information content (AvgIpc) is 2.42. The van der Waals surface area contributed by atoms with Gasteiger partial charge in [0.05, 0.1) is 15.8 Å². The normalized spacial score (nSPS) is 12.3. The summed E-state index contributed by atoms with van der Waals surface area (Å²) in [5.41, 5.74) is 1.62. The van der Waals surface area contributed by atoms with Crippen molar-refractivity contribution in [3.05, 3.63) is 39.9 Å². The molecule has 0 radical (unpaired) electrons. The molecule has 2 nitrogen and oxygen atoms in total. The highest BCUT2D eigenvalue weighted by atomic mass is 35.5. The zero-order chi connectivity index (χ0) is 14.1. The molecule has 0 aliphatic heterocycles. The second-order valence-electron chi connectivity index (χ2n) is 4.41. The smallest absolute Gasteiger partial charge is 0.0795 e. The number of allylic oxidation sites excluding steroid dienone is 1. The molecule has 0 amide bonds. The van der Waals surface area contributed by atoms with Gasteiger partial charge in [0.1, 0.15) is 0 Å². The number of hydrogen-bond donors (Lipinski definition) is 1. The van der Waals surface area contributed by atoms with Crippen LogP contribution in [0, 0.1) is 0 Å². The molecular weight excluding hydrogens is 281 g/mol.